The predicted octanol–water partition coefficient (Wildman–Crippen LogP) is 0.428. The van der Waals surface area contributed by atoms with Gasteiger partial charge in [-0.3, -0.25) is 9.59 Å². The predicted molar refractivity (Wildman–Crippen MR) is 83.3 cm³/mol. The van der Waals surface area contributed by atoms with Gasteiger partial charge in [-0.25, -0.2) is 0 Å². The molecule has 0 saturated carbocycles. The first-order valence-corrected chi connectivity index (χ1v) is 7.51. The van der Waals surface area contributed by atoms with E-state index in [0.29, 0.717) is 37.6 Å². The maximum absolute atomic E-state index is 12.2. The number of carbonyl (C=O) groups excluding carboxylic acids is 2. The molecule has 1 heterocycles. The van der Waals surface area contributed by atoms with Crippen molar-refractivity contribution in [2.75, 3.05) is 40.0 Å². The molecule has 0 aliphatic carbocycles. The lowest BCUT2D eigenvalue weighted by Crippen LogP contribution is -2.47. The Morgan fingerprint density at radius 3 is 2.74 bits per heavy atom. The zero-order chi connectivity index (χ0) is 16.7. The van der Waals surface area contributed by atoms with Crippen LogP contribution in [0.5, 0.6) is 5.75 Å². The Morgan fingerprint density at radius 2 is 2.09 bits per heavy atom. The molecule has 2 rings (SSSR count). The highest BCUT2D eigenvalue weighted by atomic mass is 16.5. The van der Waals surface area contributed by atoms with E-state index in [-0.39, 0.29) is 25.0 Å². The van der Waals surface area contributed by atoms with Gasteiger partial charge in [-0.2, -0.15) is 0 Å². The third-order valence-electron chi connectivity index (χ3n) is 3.57. The number of benzene rings is 1. The Balaban J connectivity index is 1.74. The van der Waals surface area contributed by atoms with Crippen LogP contribution in [0.2, 0.25) is 0 Å². The summed E-state index contributed by atoms with van der Waals surface area (Å²) >= 11 is 0. The zero-order valence-corrected chi connectivity index (χ0v) is 13.2. The highest BCUT2D eigenvalue weighted by molar-refractivity contribution is 5.92. The highest BCUT2D eigenvalue weighted by Crippen LogP contribution is 2.13. The van der Waals surface area contributed by atoms with Crippen LogP contribution in [0.1, 0.15) is 16.8 Å². The van der Waals surface area contributed by atoms with E-state index >= 15 is 0 Å². The molecule has 0 spiro atoms. The van der Waals surface area contributed by atoms with Crippen LogP contribution < -0.4 is 10.5 Å². The van der Waals surface area contributed by atoms with E-state index in [2.05, 4.69) is 0 Å². The van der Waals surface area contributed by atoms with E-state index in [0.717, 1.165) is 0 Å². The number of amides is 2. The van der Waals surface area contributed by atoms with Gasteiger partial charge in [0.2, 0.25) is 11.8 Å². The fraction of sp³-hybridized carbons (Fsp3) is 0.500. The smallest absolute Gasteiger partial charge is 0.248 e. The van der Waals surface area contributed by atoms with Gasteiger partial charge in [0.15, 0.2) is 0 Å². The molecule has 0 aromatic heterocycles. The van der Waals surface area contributed by atoms with E-state index in [1.54, 1.807) is 36.3 Å². The molecule has 7 nitrogen and oxygen atoms in total. The molecule has 2 N–H and O–H groups in total. The van der Waals surface area contributed by atoms with Crippen molar-refractivity contribution in [3.63, 3.8) is 0 Å². The van der Waals surface area contributed by atoms with E-state index < -0.39 is 5.91 Å². The van der Waals surface area contributed by atoms with Crippen molar-refractivity contribution in [3.05, 3.63) is 29.8 Å². The summed E-state index contributed by atoms with van der Waals surface area (Å²) < 4.78 is 16.1. The Bertz CT molecular complexity index is 530. The van der Waals surface area contributed by atoms with Crippen LogP contribution in [0.4, 0.5) is 0 Å². The number of ether oxygens (including phenoxy) is 3. The largest absolute Gasteiger partial charge is 0.493 e. The lowest BCUT2D eigenvalue weighted by Gasteiger charge is -2.32. The second-order valence-corrected chi connectivity index (χ2v) is 5.27. The van der Waals surface area contributed by atoms with Gasteiger partial charge >= 0.3 is 0 Å². The van der Waals surface area contributed by atoms with Crippen LogP contribution in [-0.4, -0.2) is 62.8 Å². The number of hydrogen-bond acceptors (Lipinski definition) is 5. The summed E-state index contributed by atoms with van der Waals surface area (Å²) in [6, 6.07) is 6.51. The van der Waals surface area contributed by atoms with Gasteiger partial charge in [0.25, 0.3) is 0 Å². The molecule has 7 heteroatoms. The fourth-order valence-electron chi connectivity index (χ4n) is 2.36. The lowest BCUT2D eigenvalue weighted by atomic mass is 10.2. The Hall–Kier alpha value is -2.12. The van der Waals surface area contributed by atoms with Crippen LogP contribution in [0, 0.1) is 0 Å². The average molecular weight is 322 g/mol. The van der Waals surface area contributed by atoms with E-state index in [1.165, 1.54) is 0 Å². The van der Waals surface area contributed by atoms with Gasteiger partial charge in [0, 0.05) is 25.8 Å². The van der Waals surface area contributed by atoms with Crippen molar-refractivity contribution < 1.29 is 23.8 Å². The van der Waals surface area contributed by atoms with Crippen LogP contribution >= 0.6 is 0 Å². The molecule has 1 saturated heterocycles. The minimum Gasteiger partial charge on any atom is -0.493 e. The summed E-state index contributed by atoms with van der Waals surface area (Å²) in [5.74, 6) is 0.148. The van der Waals surface area contributed by atoms with Gasteiger partial charge in [-0.05, 0) is 24.3 Å². The Kier molecular flexibility index (Phi) is 6.37. The summed E-state index contributed by atoms with van der Waals surface area (Å²) in [4.78, 5) is 24.9. The van der Waals surface area contributed by atoms with Gasteiger partial charge in [0.05, 0.1) is 32.3 Å². The van der Waals surface area contributed by atoms with Crippen molar-refractivity contribution in [3.8, 4) is 5.75 Å². The van der Waals surface area contributed by atoms with Crippen molar-refractivity contribution in [2.24, 2.45) is 5.73 Å². The average Bonchev–Trinajstić information content (AvgIpc) is 2.56. The summed E-state index contributed by atoms with van der Waals surface area (Å²) in [6.45, 7) is 2.41. The number of carbonyl (C=O) groups is 2. The number of rotatable bonds is 7. The first kappa shape index (κ1) is 17.2. The summed E-state index contributed by atoms with van der Waals surface area (Å²) in [5, 5.41) is 0. The van der Waals surface area contributed by atoms with Crippen LogP contribution in [0.25, 0.3) is 0 Å². The molecule has 23 heavy (non-hydrogen) atoms. The second kappa shape index (κ2) is 8.50. The number of nitrogens with two attached hydrogens (primary N) is 1. The first-order chi connectivity index (χ1) is 11.1. The monoisotopic (exact) mass is 322 g/mol. The number of morpholine rings is 1. The minimum absolute atomic E-state index is 0.0307. The van der Waals surface area contributed by atoms with Crippen molar-refractivity contribution >= 4 is 11.8 Å². The van der Waals surface area contributed by atoms with Crippen LogP contribution in [0.15, 0.2) is 24.3 Å². The molecule has 2 amide bonds. The van der Waals surface area contributed by atoms with Gasteiger partial charge in [-0.15, -0.1) is 0 Å². The molecule has 1 unspecified atom stereocenters. The van der Waals surface area contributed by atoms with Gasteiger partial charge in [0.1, 0.15) is 5.75 Å². The maximum Gasteiger partial charge on any atom is 0.248 e. The van der Waals surface area contributed by atoms with E-state index in [9.17, 15) is 9.59 Å². The molecule has 1 atom stereocenters. The maximum atomic E-state index is 12.2. The van der Waals surface area contributed by atoms with E-state index in [1.807, 2.05) is 0 Å². The summed E-state index contributed by atoms with van der Waals surface area (Å²) in [5.41, 5.74) is 5.59. The molecular weight excluding hydrogens is 300 g/mol. The summed E-state index contributed by atoms with van der Waals surface area (Å²) in [7, 11) is 1.61. The zero-order valence-electron chi connectivity index (χ0n) is 13.2. The Labute approximate surface area is 135 Å². The fourth-order valence-corrected chi connectivity index (χ4v) is 2.36. The molecule has 1 aromatic carbocycles. The second-order valence-electron chi connectivity index (χ2n) is 5.27. The van der Waals surface area contributed by atoms with Crippen LogP contribution in [0.3, 0.4) is 0 Å². The number of primary amides is 1. The van der Waals surface area contributed by atoms with Gasteiger partial charge < -0.3 is 24.8 Å². The minimum atomic E-state index is -0.482. The quantitative estimate of drug-likeness (QED) is 0.786. The third-order valence-corrected chi connectivity index (χ3v) is 3.57. The molecule has 1 aliphatic rings. The molecule has 126 valence electrons. The molecular formula is C16H22N2O5. The SMILES string of the molecule is COCC1CN(C(=O)CCOc2ccc(C(N)=O)cc2)CCO1. The van der Waals surface area contributed by atoms with E-state index in [4.69, 9.17) is 19.9 Å². The molecule has 0 bridgehead atoms. The summed E-state index contributed by atoms with van der Waals surface area (Å²) in [6.07, 6.45) is 0.219. The number of hydrogen-bond donors (Lipinski definition) is 1. The van der Waals surface area contributed by atoms with Crippen molar-refractivity contribution in [1.82, 2.24) is 4.90 Å². The highest BCUT2D eigenvalue weighted by Gasteiger charge is 2.23. The van der Waals surface area contributed by atoms with Crippen molar-refractivity contribution in [1.29, 1.82) is 0 Å². The number of nitrogens with zero attached hydrogens (tertiary/aromatic N) is 1. The third kappa shape index (κ3) is 5.22. The standard InChI is InChI=1S/C16H22N2O5/c1-21-11-14-10-18(7-9-23-14)15(19)6-8-22-13-4-2-12(3-5-13)16(17)20/h2-5,14H,6-11H2,1H3,(H2,17,20). The normalized spacial score (nSPS) is 17.8. The molecule has 1 aromatic rings. The van der Waals surface area contributed by atoms with Crippen LogP contribution in [-0.2, 0) is 14.3 Å². The first-order valence-electron chi connectivity index (χ1n) is 7.51. The molecule has 0 radical (unpaired) electrons. The Morgan fingerprint density at radius 1 is 1.35 bits per heavy atom. The van der Waals surface area contributed by atoms with Crippen molar-refractivity contribution in [2.45, 2.75) is 12.5 Å². The number of methoxy groups -OCH3 is 1. The van der Waals surface area contributed by atoms with Gasteiger partial charge in [-0.1, -0.05) is 0 Å². The topological polar surface area (TPSA) is 91.1 Å². The molecule has 1 aliphatic heterocycles. The molecule has 1 fully saturated rings. The lowest BCUT2D eigenvalue weighted by molar-refractivity contribution is -0.141.